The lowest BCUT2D eigenvalue weighted by molar-refractivity contribution is -0.137. The molecule has 0 aliphatic rings. The Morgan fingerprint density at radius 2 is 1.74 bits per heavy atom. The average molecular weight is 320 g/mol. The summed E-state index contributed by atoms with van der Waals surface area (Å²) in [5.74, 6) is 0.743. The molecule has 0 aliphatic carbocycles. The Hall–Kier alpha value is -1.35. The van der Waals surface area contributed by atoms with E-state index in [0.717, 1.165) is 32.3 Å². The van der Waals surface area contributed by atoms with Crippen molar-refractivity contribution in [3.8, 4) is 0 Å². The lowest BCUT2D eigenvalue weighted by Gasteiger charge is -2.24. The summed E-state index contributed by atoms with van der Waals surface area (Å²) in [6.07, 6.45) is 4.34. The van der Waals surface area contributed by atoms with E-state index in [2.05, 4.69) is 45.0 Å². The zero-order valence-corrected chi connectivity index (χ0v) is 15.0. The van der Waals surface area contributed by atoms with Crippen LogP contribution in [-0.4, -0.2) is 24.8 Å². The second-order valence-corrected chi connectivity index (χ2v) is 6.65. The van der Waals surface area contributed by atoms with E-state index in [9.17, 15) is 4.79 Å². The number of hydrogen-bond donors (Lipinski definition) is 1. The zero-order valence-electron chi connectivity index (χ0n) is 15.0. The van der Waals surface area contributed by atoms with Gasteiger partial charge in [-0.2, -0.15) is 0 Å². The molecule has 0 aliphatic heterocycles. The van der Waals surface area contributed by atoms with Gasteiger partial charge in [-0.25, -0.2) is 0 Å². The first-order chi connectivity index (χ1) is 11.0. The van der Waals surface area contributed by atoms with Crippen LogP contribution in [-0.2, 0) is 9.53 Å². The zero-order chi connectivity index (χ0) is 17.2. The molecule has 23 heavy (non-hydrogen) atoms. The van der Waals surface area contributed by atoms with Gasteiger partial charge in [0.1, 0.15) is 0 Å². The molecule has 3 nitrogen and oxygen atoms in total. The summed E-state index contributed by atoms with van der Waals surface area (Å²) in [5.41, 5.74) is 2.66. The van der Waals surface area contributed by atoms with Crippen molar-refractivity contribution in [3.05, 3.63) is 35.4 Å². The second kappa shape index (κ2) is 10.4. The predicted octanol–water partition coefficient (Wildman–Crippen LogP) is 5.21. The van der Waals surface area contributed by atoms with E-state index in [0.29, 0.717) is 17.8 Å². The van der Waals surface area contributed by atoms with Crippen LogP contribution in [0.4, 0.5) is 0 Å². The molecule has 3 unspecified atom stereocenters. The lowest BCUT2D eigenvalue weighted by Crippen LogP contribution is -2.11. The van der Waals surface area contributed by atoms with Gasteiger partial charge in [0.25, 0.3) is 0 Å². The van der Waals surface area contributed by atoms with Gasteiger partial charge in [-0.15, -0.1) is 0 Å². The Bertz CT molecular complexity index is 452. The third kappa shape index (κ3) is 6.74. The molecule has 1 aromatic carbocycles. The molecular weight excluding hydrogens is 288 g/mol. The number of benzene rings is 1. The number of aliphatic carboxylic acids is 1. The number of methoxy groups -OCH3 is 1. The minimum atomic E-state index is -0.690. The Labute approximate surface area is 141 Å². The van der Waals surface area contributed by atoms with Crippen molar-refractivity contribution in [3.63, 3.8) is 0 Å². The Morgan fingerprint density at radius 3 is 2.26 bits per heavy atom. The minimum Gasteiger partial charge on any atom is -0.481 e. The molecule has 130 valence electrons. The minimum absolute atomic E-state index is 0.278. The van der Waals surface area contributed by atoms with Gasteiger partial charge in [0, 0.05) is 19.4 Å². The summed E-state index contributed by atoms with van der Waals surface area (Å²) >= 11 is 0. The molecule has 0 radical (unpaired) electrons. The Kier molecular flexibility index (Phi) is 8.93. The molecule has 3 atom stereocenters. The van der Waals surface area contributed by atoms with Crippen LogP contribution in [0.3, 0.4) is 0 Å². The van der Waals surface area contributed by atoms with Gasteiger partial charge in [-0.05, 0) is 35.8 Å². The summed E-state index contributed by atoms with van der Waals surface area (Å²) < 4.78 is 5.22. The summed E-state index contributed by atoms with van der Waals surface area (Å²) in [5, 5.41) is 8.83. The van der Waals surface area contributed by atoms with Gasteiger partial charge in [0.2, 0.25) is 0 Å². The first-order valence-electron chi connectivity index (χ1n) is 8.80. The fraction of sp³-hybridized carbons (Fsp3) is 0.650. The number of carbonyl (C=O) groups is 1. The van der Waals surface area contributed by atoms with Crippen LogP contribution in [0.5, 0.6) is 0 Å². The molecule has 1 aromatic rings. The second-order valence-electron chi connectivity index (χ2n) is 6.65. The number of rotatable bonds is 11. The molecule has 0 bridgehead atoms. The van der Waals surface area contributed by atoms with Crippen molar-refractivity contribution in [2.24, 2.45) is 5.92 Å². The Balaban J connectivity index is 2.70. The van der Waals surface area contributed by atoms with Crippen molar-refractivity contribution in [2.75, 3.05) is 13.7 Å². The van der Waals surface area contributed by atoms with Gasteiger partial charge < -0.3 is 9.84 Å². The third-order valence-corrected chi connectivity index (χ3v) is 4.78. The molecule has 0 spiro atoms. The van der Waals surface area contributed by atoms with Crippen LogP contribution >= 0.6 is 0 Å². The van der Waals surface area contributed by atoms with Crippen LogP contribution < -0.4 is 0 Å². The lowest BCUT2D eigenvalue weighted by atomic mass is 9.81. The van der Waals surface area contributed by atoms with Crippen molar-refractivity contribution in [1.29, 1.82) is 0 Å². The van der Waals surface area contributed by atoms with Crippen LogP contribution in [0, 0.1) is 5.92 Å². The molecular formula is C20H32O3. The topological polar surface area (TPSA) is 46.5 Å². The largest absolute Gasteiger partial charge is 0.481 e. The van der Waals surface area contributed by atoms with E-state index >= 15 is 0 Å². The van der Waals surface area contributed by atoms with Crippen molar-refractivity contribution in [2.45, 2.75) is 64.7 Å². The van der Waals surface area contributed by atoms with E-state index in [1.807, 2.05) is 0 Å². The molecule has 1 N–H and O–H groups in total. The molecule has 0 heterocycles. The van der Waals surface area contributed by atoms with Crippen LogP contribution in [0.15, 0.2) is 24.3 Å². The van der Waals surface area contributed by atoms with Gasteiger partial charge in [-0.1, -0.05) is 57.9 Å². The summed E-state index contributed by atoms with van der Waals surface area (Å²) in [7, 11) is 1.74. The molecule has 0 amide bonds. The summed E-state index contributed by atoms with van der Waals surface area (Å²) in [6, 6.07) is 8.86. The SMILES string of the molecule is CCCC(CCCC(=O)O)C(C)c1ccc(C(C)COC)cc1. The summed E-state index contributed by atoms with van der Waals surface area (Å²) in [6.45, 7) is 7.39. The monoisotopic (exact) mass is 320 g/mol. The fourth-order valence-corrected chi connectivity index (χ4v) is 3.28. The standard InChI is InChI=1S/C20H32O3/c1-5-7-18(8-6-9-20(21)22)16(3)19-12-10-17(11-13-19)15(2)14-23-4/h10-13,15-16,18H,5-9,14H2,1-4H3,(H,21,22). The normalized spacial score (nSPS) is 15.1. The molecule has 1 rings (SSSR count). The maximum atomic E-state index is 10.7. The van der Waals surface area contributed by atoms with Gasteiger partial charge >= 0.3 is 5.97 Å². The highest BCUT2D eigenvalue weighted by Gasteiger charge is 2.19. The maximum Gasteiger partial charge on any atom is 0.303 e. The van der Waals surface area contributed by atoms with Gasteiger partial charge in [0.05, 0.1) is 6.61 Å². The van der Waals surface area contributed by atoms with Crippen LogP contribution in [0.1, 0.15) is 75.8 Å². The van der Waals surface area contributed by atoms with Crippen molar-refractivity contribution < 1.29 is 14.6 Å². The van der Waals surface area contributed by atoms with E-state index in [1.165, 1.54) is 11.1 Å². The number of carboxylic acids is 1. The van der Waals surface area contributed by atoms with Crippen molar-refractivity contribution in [1.82, 2.24) is 0 Å². The highest BCUT2D eigenvalue weighted by atomic mass is 16.5. The van der Waals surface area contributed by atoms with E-state index in [1.54, 1.807) is 7.11 Å². The highest BCUT2D eigenvalue weighted by molar-refractivity contribution is 5.66. The average Bonchev–Trinajstić information content (AvgIpc) is 2.53. The van der Waals surface area contributed by atoms with Gasteiger partial charge in [-0.3, -0.25) is 4.79 Å². The third-order valence-electron chi connectivity index (χ3n) is 4.78. The summed E-state index contributed by atoms with van der Waals surface area (Å²) in [4.78, 5) is 10.7. The quantitative estimate of drug-likeness (QED) is 0.608. The number of ether oxygens (including phenoxy) is 1. The molecule has 0 saturated heterocycles. The fourth-order valence-electron chi connectivity index (χ4n) is 3.28. The smallest absolute Gasteiger partial charge is 0.303 e. The van der Waals surface area contributed by atoms with Gasteiger partial charge in [0.15, 0.2) is 0 Å². The maximum absolute atomic E-state index is 10.7. The van der Waals surface area contributed by atoms with Crippen LogP contribution in [0.25, 0.3) is 0 Å². The Morgan fingerprint density at radius 1 is 1.13 bits per heavy atom. The molecule has 0 saturated carbocycles. The van der Waals surface area contributed by atoms with E-state index < -0.39 is 5.97 Å². The highest BCUT2D eigenvalue weighted by Crippen LogP contribution is 2.32. The molecule has 0 fully saturated rings. The van der Waals surface area contributed by atoms with E-state index in [4.69, 9.17) is 9.84 Å². The molecule has 3 heteroatoms. The first-order valence-corrected chi connectivity index (χ1v) is 8.80. The number of hydrogen-bond acceptors (Lipinski definition) is 2. The molecule has 0 aromatic heterocycles. The number of carboxylic acid groups (broad SMARTS) is 1. The van der Waals surface area contributed by atoms with E-state index in [-0.39, 0.29) is 6.42 Å². The van der Waals surface area contributed by atoms with Crippen LogP contribution in [0.2, 0.25) is 0 Å². The van der Waals surface area contributed by atoms with Crippen molar-refractivity contribution >= 4 is 5.97 Å². The predicted molar refractivity (Wildman–Crippen MR) is 95.0 cm³/mol. The first kappa shape index (κ1) is 19.7.